The number of amides is 1. The highest BCUT2D eigenvalue weighted by molar-refractivity contribution is 6.08. The van der Waals surface area contributed by atoms with Crippen LogP contribution in [0.3, 0.4) is 0 Å². The Morgan fingerprint density at radius 3 is 2.65 bits per heavy atom. The van der Waals surface area contributed by atoms with E-state index in [-0.39, 0.29) is 22.6 Å². The van der Waals surface area contributed by atoms with Crippen LogP contribution < -0.4 is 5.32 Å². The monoisotopic (exact) mass is 361 g/mol. The number of hydrogen-bond donors (Lipinski definition) is 1. The Morgan fingerprint density at radius 1 is 1.31 bits per heavy atom. The van der Waals surface area contributed by atoms with Gasteiger partial charge in [0.2, 0.25) is 0 Å². The molecule has 10 heteroatoms. The van der Waals surface area contributed by atoms with Crippen LogP contribution in [0, 0.1) is 24.0 Å². The van der Waals surface area contributed by atoms with E-state index in [2.05, 4.69) is 15.4 Å². The number of halogens is 2. The van der Waals surface area contributed by atoms with Crippen LogP contribution in [0.4, 0.5) is 20.2 Å². The lowest BCUT2D eigenvalue weighted by Crippen LogP contribution is -2.13. The van der Waals surface area contributed by atoms with Crippen LogP contribution in [0.2, 0.25) is 0 Å². The molecule has 134 valence electrons. The first-order valence-electron chi connectivity index (χ1n) is 7.47. The van der Waals surface area contributed by atoms with Crippen molar-refractivity contribution in [2.45, 2.75) is 20.3 Å². The minimum absolute atomic E-state index is 0.0114. The number of anilines is 1. The maximum absolute atomic E-state index is 13.1. The fraction of sp³-hybridized carbons (Fsp3) is 0.188. The Balaban J connectivity index is 1.97. The van der Waals surface area contributed by atoms with Crippen molar-refractivity contribution in [2.24, 2.45) is 0 Å². The molecular formula is C16H13F2N5O3. The molecule has 0 saturated heterocycles. The predicted octanol–water partition coefficient (Wildman–Crippen LogP) is 3.44. The number of alkyl halides is 2. The zero-order valence-electron chi connectivity index (χ0n) is 13.7. The summed E-state index contributed by atoms with van der Waals surface area (Å²) in [5, 5.41) is 17.2. The quantitative estimate of drug-likeness (QED) is 0.566. The lowest BCUT2D eigenvalue weighted by Gasteiger charge is -2.08. The molecule has 1 amide bonds. The van der Waals surface area contributed by atoms with Crippen molar-refractivity contribution in [1.29, 1.82) is 0 Å². The van der Waals surface area contributed by atoms with Crippen molar-refractivity contribution in [3.63, 3.8) is 0 Å². The summed E-state index contributed by atoms with van der Waals surface area (Å²) in [7, 11) is 0. The van der Waals surface area contributed by atoms with Gasteiger partial charge in [0.25, 0.3) is 18.0 Å². The second kappa shape index (κ2) is 6.47. The molecule has 0 radical (unpaired) electrons. The van der Waals surface area contributed by atoms with E-state index in [0.717, 1.165) is 10.7 Å². The van der Waals surface area contributed by atoms with E-state index >= 15 is 0 Å². The van der Waals surface area contributed by atoms with Gasteiger partial charge in [0.05, 0.1) is 11.1 Å². The first kappa shape index (κ1) is 17.4. The summed E-state index contributed by atoms with van der Waals surface area (Å²) in [4.78, 5) is 26.9. The number of aryl methyl sites for hydroxylation is 2. The highest BCUT2D eigenvalue weighted by Gasteiger charge is 2.21. The molecule has 0 spiro atoms. The standard InChI is InChI=1S/C16H13F2N5O3/c1-8-5-10(23(25)26)3-4-12(8)21-16(24)11-7-19-22-13(14(17)18)6-9(2)20-15(11)22/h3-7,14H,1-2H3,(H,21,24). The average Bonchev–Trinajstić information content (AvgIpc) is 2.99. The van der Waals surface area contributed by atoms with E-state index in [9.17, 15) is 23.7 Å². The molecular weight excluding hydrogens is 348 g/mol. The van der Waals surface area contributed by atoms with Crippen molar-refractivity contribution in [3.8, 4) is 0 Å². The van der Waals surface area contributed by atoms with E-state index in [1.54, 1.807) is 13.8 Å². The molecule has 0 saturated carbocycles. The fourth-order valence-corrected chi connectivity index (χ4v) is 2.52. The van der Waals surface area contributed by atoms with Gasteiger partial charge in [-0.2, -0.15) is 5.10 Å². The second-order valence-corrected chi connectivity index (χ2v) is 5.63. The molecule has 0 aliphatic rings. The zero-order valence-corrected chi connectivity index (χ0v) is 13.7. The number of rotatable bonds is 4. The summed E-state index contributed by atoms with van der Waals surface area (Å²) in [5.74, 6) is -0.602. The lowest BCUT2D eigenvalue weighted by molar-refractivity contribution is -0.384. The molecule has 26 heavy (non-hydrogen) atoms. The zero-order chi connectivity index (χ0) is 19.0. The predicted molar refractivity (Wildman–Crippen MR) is 88.5 cm³/mol. The highest BCUT2D eigenvalue weighted by Crippen LogP contribution is 2.24. The van der Waals surface area contributed by atoms with E-state index in [1.807, 2.05) is 0 Å². The number of nitro groups is 1. The van der Waals surface area contributed by atoms with Crippen molar-refractivity contribution in [2.75, 3.05) is 5.32 Å². The summed E-state index contributed by atoms with van der Waals surface area (Å²) < 4.78 is 27.2. The summed E-state index contributed by atoms with van der Waals surface area (Å²) in [6, 6.07) is 5.19. The van der Waals surface area contributed by atoms with Gasteiger partial charge in [-0.25, -0.2) is 18.3 Å². The van der Waals surface area contributed by atoms with Gasteiger partial charge in [-0.05, 0) is 31.5 Å². The molecule has 1 N–H and O–H groups in total. The molecule has 8 nitrogen and oxygen atoms in total. The number of nitrogens with one attached hydrogen (secondary N) is 1. The number of carbonyl (C=O) groups excluding carboxylic acids is 1. The first-order valence-corrected chi connectivity index (χ1v) is 7.47. The van der Waals surface area contributed by atoms with Crippen LogP contribution >= 0.6 is 0 Å². The molecule has 0 aliphatic carbocycles. The van der Waals surface area contributed by atoms with Crippen molar-refractivity contribution in [3.05, 3.63) is 63.1 Å². The molecule has 0 atom stereocenters. The van der Waals surface area contributed by atoms with E-state index < -0.39 is 17.3 Å². The molecule has 2 heterocycles. The van der Waals surface area contributed by atoms with Crippen LogP contribution in [0.15, 0.2) is 30.5 Å². The Labute approximate surface area is 145 Å². The third-order valence-electron chi connectivity index (χ3n) is 3.76. The molecule has 1 aromatic carbocycles. The normalized spacial score (nSPS) is 11.1. The van der Waals surface area contributed by atoms with Gasteiger partial charge in [0.15, 0.2) is 5.65 Å². The largest absolute Gasteiger partial charge is 0.322 e. The van der Waals surface area contributed by atoms with Gasteiger partial charge in [0, 0.05) is 23.5 Å². The Hall–Kier alpha value is -3.43. The average molecular weight is 361 g/mol. The Bertz CT molecular complexity index is 1030. The molecule has 2 aromatic heterocycles. The summed E-state index contributed by atoms with van der Waals surface area (Å²) in [6.45, 7) is 3.15. The fourth-order valence-electron chi connectivity index (χ4n) is 2.52. The van der Waals surface area contributed by atoms with Gasteiger partial charge in [0.1, 0.15) is 11.3 Å². The van der Waals surface area contributed by atoms with E-state index in [1.165, 1.54) is 24.3 Å². The van der Waals surface area contributed by atoms with Crippen LogP contribution in [0.5, 0.6) is 0 Å². The molecule has 0 bridgehead atoms. The summed E-state index contributed by atoms with van der Waals surface area (Å²) in [6.07, 6.45) is -1.61. The van der Waals surface area contributed by atoms with Crippen LogP contribution in [0.25, 0.3) is 5.65 Å². The van der Waals surface area contributed by atoms with Gasteiger partial charge >= 0.3 is 0 Å². The van der Waals surface area contributed by atoms with Crippen molar-refractivity contribution < 1.29 is 18.5 Å². The van der Waals surface area contributed by atoms with Crippen LogP contribution in [0.1, 0.15) is 33.7 Å². The summed E-state index contributed by atoms with van der Waals surface area (Å²) in [5.41, 5.74) is 0.746. The third kappa shape index (κ3) is 3.08. The highest BCUT2D eigenvalue weighted by atomic mass is 19.3. The topological polar surface area (TPSA) is 102 Å². The minimum atomic E-state index is -2.77. The Kier molecular flexibility index (Phi) is 4.33. The van der Waals surface area contributed by atoms with Crippen molar-refractivity contribution in [1.82, 2.24) is 14.6 Å². The number of benzene rings is 1. The third-order valence-corrected chi connectivity index (χ3v) is 3.76. The smallest absolute Gasteiger partial charge is 0.280 e. The number of aromatic nitrogens is 3. The number of hydrogen-bond acceptors (Lipinski definition) is 5. The first-order chi connectivity index (χ1) is 12.3. The minimum Gasteiger partial charge on any atom is -0.322 e. The number of non-ortho nitro benzene ring substituents is 1. The molecule has 0 fully saturated rings. The summed E-state index contributed by atoms with van der Waals surface area (Å²) >= 11 is 0. The molecule has 0 unspecified atom stereocenters. The number of carbonyl (C=O) groups is 1. The van der Waals surface area contributed by atoms with Gasteiger partial charge in [-0.1, -0.05) is 0 Å². The maximum atomic E-state index is 13.1. The lowest BCUT2D eigenvalue weighted by atomic mass is 10.1. The van der Waals surface area contributed by atoms with Crippen LogP contribution in [-0.2, 0) is 0 Å². The number of nitro benzene ring substituents is 1. The van der Waals surface area contributed by atoms with E-state index in [4.69, 9.17) is 0 Å². The molecule has 3 rings (SSSR count). The van der Waals surface area contributed by atoms with Gasteiger partial charge in [-0.3, -0.25) is 14.9 Å². The second-order valence-electron chi connectivity index (χ2n) is 5.63. The molecule has 0 aliphatic heterocycles. The number of nitrogens with zero attached hydrogens (tertiary/aromatic N) is 4. The Morgan fingerprint density at radius 2 is 2.04 bits per heavy atom. The molecule has 3 aromatic rings. The number of fused-ring (bicyclic) bond motifs is 1. The SMILES string of the molecule is Cc1cc(C(F)F)n2ncc(C(=O)Nc3ccc([N+](=O)[O-])cc3C)c2n1. The van der Waals surface area contributed by atoms with Crippen molar-refractivity contribution >= 4 is 22.9 Å². The van der Waals surface area contributed by atoms with Crippen LogP contribution in [-0.4, -0.2) is 25.4 Å². The van der Waals surface area contributed by atoms with E-state index in [0.29, 0.717) is 16.9 Å². The van der Waals surface area contributed by atoms with Gasteiger partial charge < -0.3 is 5.32 Å². The maximum Gasteiger partial charge on any atom is 0.280 e. The van der Waals surface area contributed by atoms with Gasteiger partial charge in [-0.15, -0.1) is 0 Å².